The van der Waals surface area contributed by atoms with Crippen molar-refractivity contribution in [2.24, 2.45) is 0 Å². The number of fused-ring (bicyclic) bond motifs is 1. The monoisotopic (exact) mass is 363 g/mol. The SMILES string of the molecule is CCCCC(CCC(=O)OC(C)(C)C)(SC)n1nnc2ccccc21. The molecule has 0 saturated carbocycles. The zero-order valence-corrected chi connectivity index (χ0v) is 16.7. The summed E-state index contributed by atoms with van der Waals surface area (Å²) in [5.41, 5.74) is 1.44. The number of hydrogen-bond acceptors (Lipinski definition) is 5. The van der Waals surface area contributed by atoms with E-state index in [1.807, 2.05) is 49.7 Å². The summed E-state index contributed by atoms with van der Waals surface area (Å²) in [5.74, 6) is -0.160. The Morgan fingerprint density at radius 1 is 1.24 bits per heavy atom. The number of nitrogens with zero attached hydrogens (tertiary/aromatic N) is 3. The predicted molar refractivity (Wildman–Crippen MR) is 104 cm³/mol. The number of benzene rings is 1. The molecule has 0 aliphatic heterocycles. The van der Waals surface area contributed by atoms with E-state index in [1.54, 1.807) is 11.8 Å². The highest BCUT2D eigenvalue weighted by Gasteiger charge is 2.34. The highest BCUT2D eigenvalue weighted by molar-refractivity contribution is 7.99. The number of unbranched alkanes of at least 4 members (excludes halogenated alkanes) is 1. The topological polar surface area (TPSA) is 57.0 Å². The molecule has 1 heterocycles. The van der Waals surface area contributed by atoms with Gasteiger partial charge < -0.3 is 4.74 Å². The number of para-hydroxylation sites is 1. The van der Waals surface area contributed by atoms with Gasteiger partial charge in [-0.15, -0.1) is 16.9 Å². The van der Waals surface area contributed by atoms with E-state index < -0.39 is 5.60 Å². The molecule has 1 aromatic carbocycles. The molecule has 138 valence electrons. The van der Waals surface area contributed by atoms with Crippen LogP contribution in [0.25, 0.3) is 11.0 Å². The molecule has 0 fully saturated rings. The lowest BCUT2D eigenvalue weighted by molar-refractivity contribution is -0.155. The average molecular weight is 364 g/mol. The summed E-state index contributed by atoms with van der Waals surface area (Å²) in [6.07, 6.45) is 6.25. The number of carbonyl (C=O) groups excluding carboxylic acids is 1. The lowest BCUT2D eigenvalue weighted by atomic mass is 10.0. The van der Waals surface area contributed by atoms with Gasteiger partial charge in [0.1, 0.15) is 16.0 Å². The van der Waals surface area contributed by atoms with Crippen LogP contribution in [0.4, 0.5) is 0 Å². The van der Waals surface area contributed by atoms with E-state index in [4.69, 9.17) is 4.74 Å². The first-order valence-corrected chi connectivity index (χ1v) is 10.1. The van der Waals surface area contributed by atoms with Crippen LogP contribution in [-0.2, 0) is 14.4 Å². The van der Waals surface area contributed by atoms with Crippen molar-refractivity contribution in [3.05, 3.63) is 24.3 Å². The van der Waals surface area contributed by atoms with Gasteiger partial charge in [-0.3, -0.25) is 4.79 Å². The van der Waals surface area contributed by atoms with Crippen molar-refractivity contribution in [2.45, 2.75) is 70.3 Å². The fourth-order valence-electron chi connectivity index (χ4n) is 2.94. The van der Waals surface area contributed by atoms with Crippen molar-refractivity contribution in [3.8, 4) is 0 Å². The largest absolute Gasteiger partial charge is 0.460 e. The first-order chi connectivity index (χ1) is 11.8. The number of hydrogen-bond donors (Lipinski definition) is 0. The Hall–Kier alpha value is -1.56. The van der Waals surface area contributed by atoms with Gasteiger partial charge in [-0.25, -0.2) is 4.68 Å². The minimum absolute atomic E-state index is 0.160. The summed E-state index contributed by atoms with van der Waals surface area (Å²) in [6.45, 7) is 7.87. The number of aromatic nitrogens is 3. The molecule has 1 unspecified atom stereocenters. The minimum atomic E-state index is -0.456. The molecule has 0 amide bonds. The van der Waals surface area contributed by atoms with Crippen molar-refractivity contribution in [1.29, 1.82) is 0 Å². The molecule has 1 aromatic heterocycles. The summed E-state index contributed by atoms with van der Waals surface area (Å²) in [5, 5.41) is 8.75. The number of esters is 1. The summed E-state index contributed by atoms with van der Waals surface area (Å²) < 4.78 is 7.50. The third kappa shape index (κ3) is 4.97. The van der Waals surface area contributed by atoms with Crippen LogP contribution in [0.3, 0.4) is 0 Å². The molecule has 1 atom stereocenters. The van der Waals surface area contributed by atoms with E-state index in [0.29, 0.717) is 12.8 Å². The van der Waals surface area contributed by atoms with Gasteiger partial charge in [-0.1, -0.05) is 37.1 Å². The maximum absolute atomic E-state index is 12.3. The molecular formula is C19H29N3O2S. The number of rotatable bonds is 8. The highest BCUT2D eigenvalue weighted by Crippen LogP contribution is 2.40. The Morgan fingerprint density at radius 2 is 1.96 bits per heavy atom. The second-order valence-corrected chi connectivity index (χ2v) is 8.50. The van der Waals surface area contributed by atoms with Crippen LogP contribution < -0.4 is 0 Å². The quantitative estimate of drug-likeness (QED) is 0.633. The molecule has 0 saturated heterocycles. The first kappa shape index (κ1) is 19.8. The Kier molecular flexibility index (Phi) is 6.49. The van der Waals surface area contributed by atoms with E-state index in [1.165, 1.54) is 0 Å². The van der Waals surface area contributed by atoms with Crippen molar-refractivity contribution in [3.63, 3.8) is 0 Å². The molecule has 0 aliphatic rings. The van der Waals surface area contributed by atoms with Crippen LogP contribution in [0, 0.1) is 0 Å². The number of ether oxygens (including phenoxy) is 1. The fourth-order valence-corrected chi connectivity index (χ4v) is 3.90. The summed E-state index contributed by atoms with van der Waals surface area (Å²) in [6, 6.07) is 7.98. The standard InChI is InChI=1S/C19H29N3O2S/c1-6-7-13-19(25-5,14-12-17(23)24-18(2,3)4)22-16-11-9-8-10-15(16)20-21-22/h8-11H,6-7,12-14H2,1-5H3. The summed E-state index contributed by atoms with van der Waals surface area (Å²) >= 11 is 1.74. The fraction of sp³-hybridized carbons (Fsp3) is 0.632. The van der Waals surface area contributed by atoms with Crippen LogP contribution in [0.5, 0.6) is 0 Å². The first-order valence-electron chi connectivity index (χ1n) is 8.89. The second kappa shape index (κ2) is 8.21. The Bertz CT molecular complexity index is 708. The van der Waals surface area contributed by atoms with Gasteiger partial charge in [0.15, 0.2) is 0 Å². The van der Waals surface area contributed by atoms with Crippen LogP contribution in [0.15, 0.2) is 24.3 Å². The maximum Gasteiger partial charge on any atom is 0.306 e. The molecule has 0 aliphatic carbocycles. The second-order valence-electron chi connectivity index (χ2n) is 7.33. The molecule has 5 nitrogen and oxygen atoms in total. The van der Waals surface area contributed by atoms with Crippen LogP contribution in [0.2, 0.25) is 0 Å². The zero-order valence-electron chi connectivity index (χ0n) is 15.9. The maximum atomic E-state index is 12.3. The summed E-state index contributed by atoms with van der Waals surface area (Å²) in [4.78, 5) is 12.0. The molecular weight excluding hydrogens is 334 g/mol. The van der Waals surface area contributed by atoms with Crippen molar-refractivity contribution in [2.75, 3.05) is 6.26 Å². The summed E-state index contributed by atoms with van der Waals surface area (Å²) in [7, 11) is 0. The molecule has 2 aromatic rings. The minimum Gasteiger partial charge on any atom is -0.460 e. The van der Waals surface area contributed by atoms with E-state index in [2.05, 4.69) is 23.5 Å². The lowest BCUT2D eigenvalue weighted by Crippen LogP contribution is -2.33. The number of carbonyl (C=O) groups is 1. The van der Waals surface area contributed by atoms with Gasteiger partial charge in [-0.05, 0) is 52.0 Å². The van der Waals surface area contributed by atoms with E-state index >= 15 is 0 Å². The smallest absolute Gasteiger partial charge is 0.306 e. The molecule has 0 bridgehead atoms. The van der Waals surface area contributed by atoms with E-state index in [-0.39, 0.29) is 10.8 Å². The van der Waals surface area contributed by atoms with Gasteiger partial charge in [0.25, 0.3) is 0 Å². The number of thioether (sulfide) groups is 1. The predicted octanol–water partition coefficient (Wildman–Crippen LogP) is 4.76. The van der Waals surface area contributed by atoms with Gasteiger partial charge in [-0.2, -0.15) is 0 Å². The normalized spacial score (nSPS) is 14.4. The third-order valence-electron chi connectivity index (χ3n) is 4.18. The van der Waals surface area contributed by atoms with Crippen LogP contribution in [0.1, 0.15) is 59.8 Å². The van der Waals surface area contributed by atoms with Crippen molar-refractivity contribution >= 4 is 28.8 Å². The van der Waals surface area contributed by atoms with Gasteiger partial charge in [0.05, 0.1) is 5.52 Å². The van der Waals surface area contributed by atoms with Gasteiger partial charge in [0, 0.05) is 6.42 Å². The molecule has 0 N–H and O–H groups in total. The Morgan fingerprint density at radius 3 is 2.60 bits per heavy atom. The molecule has 6 heteroatoms. The van der Waals surface area contributed by atoms with E-state index in [9.17, 15) is 4.79 Å². The molecule has 0 radical (unpaired) electrons. The zero-order chi connectivity index (χ0) is 18.5. The molecule has 2 rings (SSSR count). The van der Waals surface area contributed by atoms with Gasteiger partial charge >= 0.3 is 5.97 Å². The molecule has 25 heavy (non-hydrogen) atoms. The molecule has 0 spiro atoms. The van der Waals surface area contributed by atoms with Crippen molar-refractivity contribution < 1.29 is 9.53 Å². The highest BCUT2D eigenvalue weighted by atomic mass is 32.2. The van der Waals surface area contributed by atoms with Crippen LogP contribution >= 0.6 is 11.8 Å². The third-order valence-corrected chi connectivity index (χ3v) is 5.52. The van der Waals surface area contributed by atoms with Crippen molar-refractivity contribution in [1.82, 2.24) is 15.0 Å². The van der Waals surface area contributed by atoms with Gasteiger partial charge in [0.2, 0.25) is 0 Å². The lowest BCUT2D eigenvalue weighted by Gasteiger charge is -2.33. The Labute approximate surface area is 154 Å². The van der Waals surface area contributed by atoms with E-state index in [0.717, 1.165) is 30.3 Å². The average Bonchev–Trinajstić information content (AvgIpc) is 2.99. The van der Waals surface area contributed by atoms with Crippen LogP contribution in [-0.4, -0.2) is 32.8 Å². The Balaban J connectivity index is 2.29.